The molecule has 5 heteroatoms. The van der Waals surface area contributed by atoms with Crippen LogP contribution in [0.3, 0.4) is 0 Å². The second-order valence-electron chi connectivity index (χ2n) is 5.27. The van der Waals surface area contributed by atoms with E-state index in [0.717, 1.165) is 18.4 Å². The highest BCUT2D eigenvalue weighted by Gasteiger charge is 2.03. The molecule has 0 spiro atoms. The quantitative estimate of drug-likeness (QED) is 0.666. The molecule has 0 bridgehead atoms. The molecule has 0 aliphatic heterocycles. The van der Waals surface area contributed by atoms with Crippen molar-refractivity contribution in [1.29, 1.82) is 0 Å². The monoisotopic (exact) mass is 316 g/mol. The molecule has 124 valence electrons. The number of rotatable bonds is 7. The van der Waals surface area contributed by atoms with Crippen molar-refractivity contribution >= 4 is 5.91 Å². The van der Waals surface area contributed by atoms with E-state index in [-0.39, 0.29) is 11.4 Å². The summed E-state index contributed by atoms with van der Waals surface area (Å²) in [5, 5.41) is 12.2. The first-order chi connectivity index (χ1) is 10.6. The molecule has 1 amide bonds. The predicted molar refractivity (Wildman–Crippen MR) is 90.7 cm³/mol. The number of aliphatic hydroxyl groups excluding tert-OH is 1. The predicted octanol–water partition coefficient (Wildman–Crippen LogP) is 1.10. The van der Waals surface area contributed by atoms with E-state index in [1.54, 1.807) is 12.1 Å². The zero-order valence-corrected chi connectivity index (χ0v) is 13.0. The third-order valence-electron chi connectivity index (χ3n) is 3.54. The molecule has 2 aromatic rings. The smallest absolute Gasteiger partial charge is 0.220 e. The number of hydrogen-bond donors (Lipinski definition) is 3. The average molecular weight is 316 g/mol. The summed E-state index contributed by atoms with van der Waals surface area (Å²) in [6, 6.07) is 17.4. The fourth-order valence-electron chi connectivity index (χ4n) is 2.22. The highest BCUT2D eigenvalue weighted by Crippen LogP contribution is 2.09. The molecule has 6 N–H and O–H groups in total. The first-order valence-corrected chi connectivity index (χ1v) is 7.48. The van der Waals surface area contributed by atoms with E-state index < -0.39 is 6.23 Å². The molecule has 23 heavy (non-hydrogen) atoms. The normalized spacial score (nSPS) is 11.4. The molecule has 0 aliphatic rings. The van der Waals surface area contributed by atoms with Gasteiger partial charge in [0.25, 0.3) is 0 Å². The van der Waals surface area contributed by atoms with Gasteiger partial charge in [-0.1, -0.05) is 54.6 Å². The minimum Gasteiger partial charge on any atom is -0.412 e. The van der Waals surface area contributed by atoms with Gasteiger partial charge in [0.15, 0.2) is 0 Å². The number of aryl methyl sites for hydroxylation is 1. The Bertz CT molecular complexity index is 583. The van der Waals surface area contributed by atoms with Gasteiger partial charge in [0.1, 0.15) is 6.23 Å². The summed E-state index contributed by atoms with van der Waals surface area (Å²) in [4.78, 5) is 11.8. The lowest BCUT2D eigenvalue weighted by Crippen LogP contribution is -2.25. The maximum atomic E-state index is 11.8. The highest BCUT2D eigenvalue weighted by molar-refractivity contribution is 5.76. The summed E-state index contributed by atoms with van der Waals surface area (Å²) in [5.74, 6) is 0.0675. The summed E-state index contributed by atoms with van der Waals surface area (Å²) < 4.78 is 0. The Kier molecular flexibility index (Phi) is 7.97. The molecular formula is C18H24N2O3. The Balaban J connectivity index is 0.00000264. The Morgan fingerprint density at radius 1 is 1.00 bits per heavy atom. The van der Waals surface area contributed by atoms with E-state index in [2.05, 4.69) is 5.32 Å². The van der Waals surface area contributed by atoms with Crippen LogP contribution >= 0.6 is 0 Å². The first kappa shape index (κ1) is 18.8. The van der Waals surface area contributed by atoms with Crippen LogP contribution in [0.15, 0.2) is 54.6 Å². The van der Waals surface area contributed by atoms with Crippen LogP contribution in [-0.2, 0) is 17.6 Å². The van der Waals surface area contributed by atoms with Crippen molar-refractivity contribution in [3.63, 3.8) is 0 Å². The van der Waals surface area contributed by atoms with Gasteiger partial charge in [0.05, 0.1) is 0 Å². The highest BCUT2D eigenvalue weighted by atomic mass is 16.3. The molecule has 0 fully saturated rings. The zero-order valence-electron chi connectivity index (χ0n) is 13.0. The van der Waals surface area contributed by atoms with E-state index in [1.807, 2.05) is 42.5 Å². The van der Waals surface area contributed by atoms with Crippen molar-refractivity contribution in [2.75, 3.05) is 6.54 Å². The standard InChI is InChI=1S/C18H22N2O2.H2O/c19-18(22)16-9-6-15(7-10-16)12-13-20-17(21)11-8-14-4-2-1-3-5-14;/h1-7,9-10,18,22H,8,11-13,19H2,(H,20,21);1H2. The largest absolute Gasteiger partial charge is 0.412 e. The van der Waals surface area contributed by atoms with Crippen molar-refractivity contribution in [3.05, 3.63) is 71.3 Å². The van der Waals surface area contributed by atoms with Gasteiger partial charge in [-0.3, -0.25) is 4.79 Å². The fraction of sp³-hybridized carbons (Fsp3) is 0.278. The van der Waals surface area contributed by atoms with Gasteiger partial charge in [0, 0.05) is 13.0 Å². The molecule has 0 saturated carbocycles. The number of hydrogen-bond acceptors (Lipinski definition) is 3. The minimum absolute atomic E-state index is 0. The van der Waals surface area contributed by atoms with Crippen LogP contribution in [0.25, 0.3) is 0 Å². The van der Waals surface area contributed by atoms with Crippen LogP contribution < -0.4 is 11.1 Å². The van der Waals surface area contributed by atoms with Crippen LogP contribution in [0.1, 0.15) is 29.3 Å². The third kappa shape index (κ3) is 6.61. The van der Waals surface area contributed by atoms with Crippen molar-refractivity contribution in [2.24, 2.45) is 5.73 Å². The topological polar surface area (TPSA) is 107 Å². The lowest BCUT2D eigenvalue weighted by atomic mass is 10.1. The number of nitrogens with two attached hydrogens (primary N) is 1. The second-order valence-corrected chi connectivity index (χ2v) is 5.27. The number of amides is 1. The molecular weight excluding hydrogens is 292 g/mol. The van der Waals surface area contributed by atoms with E-state index >= 15 is 0 Å². The first-order valence-electron chi connectivity index (χ1n) is 7.48. The Morgan fingerprint density at radius 3 is 2.22 bits per heavy atom. The van der Waals surface area contributed by atoms with E-state index in [0.29, 0.717) is 18.5 Å². The molecule has 2 rings (SSSR count). The zero-order chi connectivity index (χ0) is 15.8. The molecule has 1 unspecified atom stereocenters. The van der Waals surface area contributed by atoms with E-state index in [1.165, 1.54) is 5.56 Å². The van der Waals surface area contributed by atoms with Crippen molar-refractivity contribution in [2.45, 2.75) is 25.5 Å². The van der Waals surface area contributed by atoms with Crippen LogP contribution in [0.4, 0.5) is 0 Å². The molecule has 0 heterocycles. The van der Waals surface area contributed by atoms with Gasteiger partial charge in [-0.2, -0.15) is 0 Å². The number of aliphatic hydroxyl groups is 1. The average Bonchev–Trinajstić information content (AvgIpc) is 2.54. The molecule has 0 aliphatic carbocycles. The summed E-state index contributed by atoms with van der Waals surface area (Å²) in [6.45, 7) is 0.609. The number of carbonyl (C=O) groups is 1. The van der Waals surface area contributed by atoms with Crippen LogP contribution in [-0.4, -0.2) is 23.0 Å². The van der Waals surface area contributed by atoms with Gasteiger partial charge in [-0.25, -0.2) is 0 Å². The maximum Gasteiger partial charge on any atom is 0.220 e. The number of nitrogens with one attached hydrogen (secondary N) is 1. The van der Waals surface area contributed by atoms with Crippen LogP contribution in [0.5, 0.6) is 0 Å². The van der Waals surface area contributed by atoms with Crippen molar-refractivity contribution < 1.29 is 15.4 Å². The van der Waals surface area contributed by atoms with E-state index in [9.17, 15) is 9.90 Å². The molecule has 1 atom stereocenters. The second kappa shape index (κ2) is 9.74. The molecule has 2 aromatic carbocycles. The van der Waals surface area contributed by atoms with Gasteiger partial charge < -0.3 is 21.6 Å². The summed E-state index contributed by atoms with van der Waals surface area (Å²) in [5.41, 5.74) is 8.35. The Labute approximate surface area is 136 Å². The van der Waals surface area contributed by atoms with Crippen molar-refractivity contribution in [3.8, 4) is 0 Å². The molecule has 0 aromatic heterocycles. The lowest BCUT2D eigenvalue weighted by molar-refractivity contribution is -0.121. The summed E-state index contributed by atoms with van der Waals surface area (Å²) in [7, 11) is 0. The summed E-state index contributed by atoms with van der Waals surface area (Å²) in [6.07, 6.45) is 1.09. The SMILES string of the molecule is NC(O)c1ccc(CCNC(=O)CCc2ccccc2)cc1.O. The molecule has 0 saturated heterocycles. The lowest BCUT2D eigenvalue weighted by Gasteiger charge is -2.08. The molecule has 5 nitrogen and oxygen atoms in total. The van der Waals surface area contributed by atoms with Gasteiger partial charge >= 0.3 is 0 Å². The van der Waals surface area contributed by atoms with Gasteiger partial charge in [-0.05, 0) is 29.5 Å². The van der Waals surface area contributed by atoms with Gasteiger partial charge in [-0.15, -0.1) is 0 Å². The fourth-order valence-corrected chi connectivity index (χ4v) is 2.22. The van der Waals surface area contributed by atoms with Gasteiger partial charge in [0.2, 0.25) is 5.91 Å². The summed E-state index contributed by atoms with van der Waals surface area (Å²) >= 11 is 0. The van der Waals surface area contributed by atoms with Crippen LogP contribution in [0, 0.1) is 0 Å². The van der Waals surface area contributed by atoms with E-state index in [4.69, 9.17) is 5.73 Å². The number of carbonyl (C=O) groups excluding carboxylic acids is 1. The molecule has 0 radical (unpaired) electrons. The van der Waals surface area contributed by atoms with Crippen LogP contribution in [0.2, 0.25) is 0 Å². The Morgan fingerprint density at radius 2 is 1.61 bits per heavy atom. The number of benzene rings is 2. The minimum atomic E-state index is -0.938. The third-order valence-corrected chi connectivity index (χ3v) is 3.54. The maximum absolute atomic E-state index is 11.8. The Hall–Kier alpha value is -2.21. The van der Waals surface area contributed by atoms with Crippen molar-refractivity contribution in [1.82, 2.24) is 5.32 Å².